The number of carbonyl (C=O) groups is 1. The molecule has 1 rings (SSSR count). The summed E-state index contributed by atoms with van der Waals surface area (Å²) in [5, 5.41) is 0. The predicted octanol–water partition coefficient (Wildman–Crippen LogP) is 4.53. The van der Waals surface area contributed by atoms with Gasteiger partial charge in [0, 0.05) is 5.56 Å². The van der Waals surface area contributed by atoms with Crippen molar-refractivity contribution in [3.63, 3.8) is 0 Å². The number of rotatable bonds is 5. The fraction of sp³-hybridized carbons (Fsp3) is 0.118. The third kappa shape index (κ3) is 5.68. The van der Waals surface area contributed by atoms with Gasteiger partial charge in [-0.3, -0.25) is 0 Å². The van der Waals surface area contributed by atoms with Crippen molar-refractivity contribution in [1.29, 1.82) is 0 Å². The lowest BCUT2D eigenvalue weighted by Crippen LogP contribution is -2.05. The monoisotopic (exact) mass is 256 g/mol. The van der Waals surface area contributed by atoms with Crippen LogP contribution in [0, 0.1) is 0 Å². The van der Waals surface area contributed by atoms with E-state index in [4.69, 9.17) is 4.74 Å². The maximum Gasteiger partial charge on any atom is 0.343 e. The summed E-state index contributed by atoms with van der Waals surface area (Å²) >= 11 is 0. The highest BCUT2D eigenvalue weighted by Gasteiger charge is 2.09. The molecule has 1 aromatic carbocycles. The average Bonchev–Trinajstić information content (AvgIpc) is 2.47. The second kappa shape index (κ2) is 9.66. The number of allylic oxidation sites excluding steroid dienone is 2. The first kappa shape index (κ1) is 16.7. The SMILES string of the molecule is C=C/C=C(\C=C)C(=O)OC(=C)c1ccccc1.CC. The van der Waals surface area contributed by atoms with E-state index < -0.39 is 5.97 Å². The Balaban J connectivity index is 0.00000154. The van der Waals surface area contributed by atoms with Gasteiger partial charge in [0.1, 0.15) is 5.76 Å². The number of hydrogen-bond donors (Lipinski definition) is 0. The van der Waals surface area contributed by atoms with Crippen LogP contribution in [0.25, 0.3) is 5.76 Å². The number of ether oxygens (including phenoxy) is 1. The minimum absolute atomic E-state index is 0.312. The van der Waals surface area contributed by atoms with Crippen molar-refractivity contribution in [2.45, 2.75) is 13.8 Å². The highest BCUT2D eigenvalue weighted by Crippen LogP contribution is 2.15. The molecule has 0 saturated heterocycles. The molecule has 19 heavy (non-hydrogen) atoms. The molecule has 0 saturated carbocycles. The Bertz CT molecular complexity index is 467. The van der Waals surface area contributed by atoms with Gasteiger partial charge in [-0.15, -0.1) is 0 Å². The lowest BCUT2D eigenvalue weighted by atomic mass is 10.2. The molecule has 0 spiro atoms. The molecule has 0 atom stereocenters. The number of carbonyl (C=O) groups excluding carboxylic acids is 1. The van der Waals surface area contributed by atoms with Gasteiger partial charge in [0.15, 0.2) is 0 Å². The van der Waals surface area contributed by atoms with Crippen molar-refractivity contribution in [3.05, 3.63) is 79.4 Å². The third-order valence-corrected chi connectivity index (χ3v) is 2.06. The molecule has 0 N–H and O–H groups in total. The molecule has 0 aromatic heterocycles. The van der Waals surface area contributed by atoms with Crippen molar-refractivity contribution in [3.8, 4) is 0 Å². The first-order valence-electron chi connectivity index (χ1n) is 6.10. The van der Waals surface area contributed by atoms with Gasteiger partial charge >= 0.3 is 5.97 Å². The molecule has 100 valence electrons. The molecule has 0 unspecified atom stereocenters. The number of esters is 1. The normalized spacial score (nSPS) is 9.68. The van der Waals surface area contributed by atoms with E-state index in [0.29, 0.717) is 11.3 Å². The van der Waals surface area contributed by atoms with Crippen molar-refractivity contribution in [2.24, 2.45) is 0 Å². The standard InChI is InChI=1S/C15H14O2.C2H6/c1-4-9-13(5-2)15(16)17-12(3)14-10-7-6-8-11-14;1-2/h4-11H,1-3H2;1-2H3/b13-9+;. The maximum atomic E-state index is 11.7. The Morgan fingerprint density at radius 1 is 1.16 bits per heavy atom. The summed E-state index contributed by atoms with van der Waals surface area (Å²) in [6.45, 7) is 14.8. The van der Waals surface area contributed by atoms with Crippen LogP contribution in [-0.4, -0.2) is 5.97 Å². The highest BCUT2D eigenvalue weighted by atomic mass is 16.5. The summed E-state index contributed by atoms with van der Waals surface area (Å²) in [7, 11) is 0. The van der Waals surface area contributed by atoms with Crippen LogP contribution in [0.3, 0.4) is 0 Å². The molecule has 0 fully saturated rings. The minimum Gasteiger partial charge on any atom is -0.423 e. The van der Waals surface area contributed by atoms with E-state index in [-0.39, 0.29) is 0 Å². The zero-order chi connectivity index (χ0) is 14.7. The van der Waals surface area contributed by atoms with Crippen molar-refractivity contribution >= 4 is 11.7 Å². The molecule has 0 aliphatic heterocycles. The Hall–Kier alpha value is -2.35. The zero-order valence-corrected chi connectivity index (χ0v) is 11.6. The molecule has 0 radical (unpaired) electrons. The second-order valence-corrected chi connectivity index (χ2v) is 3.24. The first-order valence-corrected chi connectivity index (χ1v) is 6.10. The van der Waals surface area contributed by atoms with Gasteiger partial charge in [0.05, 0.1) is 5.57 Å². The van der Waals surface area contributed by atoms with E-state index in [0.717, 1.165) is 5.56 Å². The summed E-state index contributed by atoms with van der Waals surface area (Å²) in [5.74, 6) is -0.179. The van der Waals surface area contributed by atoms with E-state index in [1.165, 1.54) is 18.2 Å². The summed E-state index contributed by atoms with van der Waals surface area (Å²) in [6, 6.07) is 9.22. The lowest BCUT2D eigenvalue weighted by molar-refractivity contribution is -0.131. The van der Waals surface area contributed by atoms with Crippen LogP contribution in [0.15, 0.2) is 73.9 Å². The molecular formula is C17H20O2. The smallest absolute Gasteiger partial charge is 0.343 e. The Morgan fingerprint density at radius 2 is 1.74 bits per heavy atom. The number of hydrogen-bond acceptors (Lipinski definition) is 2. The van der Waals surface area contributed by atoms with Crippen LogP contribution in [0.1, 0.15) is 19.4 Å². The zero-order valence-electron chi connectivity index (χ0n) is 11.6. The predicted molar refractivity (Wildman–Crippen MR) is 81.4 cm³/mol. The van der Waals surface area contributed by atoms with E-state index in [1.54, 1.807) is 0 Å². The van der Waals surface area contributed by atoms with Crippen molar-refractivity contribution < 1.29 is 9.53 Å². The largest absolute Gasteiger partial charge is 0.423 e. The number of benzene rings is 1. The molecule has 0 aliphatic carbocycles. The van der Waals surface area contributed by atoms with Crippen molar-refractivity contribution in [1.82, 2.24) is 0 Å². The Labute approximate surface area is 115 Å². The van der Waals surface area contributed by atoms with Gasteiger partial charge in [-0.1, -0.05) is 76.1 Å². The van der Waals surface area contributed by atoms with Gasteiger partial charge in [-0.25, -0.2) is 4.79 Å². The molecule has 0 aliphatic rings. The van der Waals surface area contributed by atoms with Crippen LogP contribution in [0.2, 0.25) is 0 Å². The first-order chi connectivity index (χ1) is 9.19. The van der Waals surface area contributed by atoms with E-state index in [2.05, 4.69) is 19.7 Å². The Morgan fingerprint density at radius 3 is 2.21 bits per heavy atom. The lowest BCUT2D eigenvalue weighted by Gasteiger charge is -2.07. The van der Waals surface area contributed by atoms with E-state index in [1.807, 2.05) is 44.2 Å². The molecule has 0 heterocycles. The minimum atomic E-state index is -0.492. The quantitative estimate of drug-likeness (QED) is 0.335. The average molecular weight is 256 g/mol. The third-order valence-electron chi connectivity index (χ3n) is 2.06. The van der Waals surface area contributed by atoms with Gasteiger partial charge in [0.25, 0.3) is 0 Å². The molecule has 2 nitrogen and oxygen atoms in total. The van der Waals surface area contributed by atoms with Gasteiger partial charge in [-0.05, 0) is 6.08 Å². The van der Waals surface area contributed by atoms with Crippen LogP contribution in [0.5, 0.6) is 0 Å². The van der Waals surface area contributed by atoms with E-state index >= 15 is 0 Å². The van der Waals surface area contributed by atoms with Crippen LogP contribution in [0.4, 0.5) is 0 Å². The van der Waals surface area contributed by atoms with Crippen LogP contribution < -0.4 is 0 Å². The summed E-state index contributed by atoms with van der Waals surface area (Å²) in [4.78, 5) is 11.7. The van der Waals surface area contributed by atoms with Crippen LogP contribution in [-0.2, 0) is 9.53 Å². The molecular weight excluding hydrogens is 236 g/mol. The fourth-order valence-corrected chi connectivity index (χ4v) is 1.20. The summed E-state index contributed by atoms with van der Waals surface area (Å²) < 4.78 is 5.12. The summed E-state index contributed by atoms with van der Waals surface area (Å²) in [6.07, 6.45) is 4.46. The van der Waals surface area contributed by atoms with E-state index in [9.17, 15) is 4.79 Å². The molecule has 0 amide bonds. The highest BCUT2D eigenvalue weighted by molar-refractivity contribution is 5.94. The molecule has 0 bridgehead atoms. The molecule has 2 heteroatoms. The fourth-order valence-electron chi connectivity index (χ4n) is 1.20. The Kier molecular flexibility index (Phi) is 8.46. The maximum absolute atomic E-state index is 11.7. The van der Waals surface area contributed by atoms with Crippen LogP contribution >= 0.6 is 0 Å². The van der Waals surface area contributed by atoms with Crippen molar-refractivity contribution in [2.75, 3.05) is 0 Å². The van der Waals surface area contributed by atoms with Gasteiger partial charge in [-0.2, -0.15) is 0 Å². The summed E-state index contributed by atoms with van der Waals surface area (Å²) in [5.41, 5.74) is 1.11. The van der Waals surface area contributed by atoms with Gasteiger partial charge in [0.2, 0.25) is 0 Å². The molecule has 1 aromatic rings. The van der Waals surface area contributed by atoms with Gasteiger partial charge < -0.3 is 4.74 Å². The second-order valence-electron chi connectivity index (χ2n) is 3.24. The topological polar surface area (TPSA) is 26.3 Å².